The Morgan fingerprint density at radius 1 is 1.21 bits per heavy atom. The fourth-order valence-corrected chi connectivity index (χ4v) is 5.35. The van der Waals surface area contributed by atoms with Gasteiger partial charge in [0.15, 0.2) is 5.89 Å². The topological polar surface area (TPSA) is 110 Å². The number of hydrogen-bond donors (Lipinski definition) is 2. The number of oxazole rings is 1. The fourth-order valence-electron chi connectivity index (χ4n) is 5.35. The van der Waals surface area contributed by atoms with Crippen molar-refractivity contribution in [1.29, 1.82) is 0 Å². The summed E-state index contributed by atoms with van der Waals surface area (Å²) in [6.07, 6.45) is -3.12. The predicted molar refractivity (Wildman–Crippen MR) is 133 cm³/mol. The van der Waals surface area contributed by atoms with Crippen molar-refractivity contribution in [3.8, 4) is 0 Å². The van der Waals surface area contributed by atoms with Crippen LogP contribution in [0, 0.1) is 35.5 Å². The van der Waals surface area contributed by atoms with Gasteiger partial charge in [0.05, 0.1) is 29.5 Å². The molecular formula is C28H38F3NO6. The number of alkyl halides is 3. The molecule has 2 unspecified atom stereocenters. The highest BCUT2D eigenvalue weighted by atomic mass is 19.4. The summed E-state index contributed by atoms with van der Waals surface area (Å²) < 4.78 is 53.5. The number of aryl methyl sites for hydroxylation is 1. The number of Topliss-reactive ketones (excluding diaryl/α,β-unsaturated/α-hetero) is 1. The summed E-state index contributed by atoms with van der Waals surface area (Å²) in [5.74, 6) is -3.18. The van der Waals surface area contributed by atoms with E-state index >= 15 is 0 Å². The molecule has 0 aromatic carbocycles. The number of halogens is 3. The van der Waals surface area contributed by atoms with E-state index in [1.807, 2.05) is 0 Å². The van der Waals surface area contributed by atoms with Crippen molar-refractivity contribution >= 4 is 17.8 Å². The van der Waals surface area contributed by atoms with Crippen LogP contribution in [0.1, 0.15) is 71.9 Å². The molecule has 0 saturated heterocycles. The molecule has 0 bridgehead atoms. The zero-order valence-corrected chi connectivity index (χ0v) is 22.7. The summed E-state index contributed by atoms with van der Waals surface area (Å²) in [6, 6.07) is 0. The third kappa shape index (κ3) is 6.22. The predicted octanol–water partition coefficient (Wildman–Crippen LogP) is 5.20. The highest BCUT2D eigenvalue weighted by Gasteiger charge is 2.69. The molecule has 0 amide bonds. The van der Waals surface area contributed by atoms with Crippen molar-refractivity contribution in [2.45, 2.75) is 91.7 Å². The molecule has 38 heavy (non-hydrogen) atoms. The number of carbonyl (C=O) groups excluding carboxylic acids is 2. The third-order valence-corrected chi connectivity index (χ3v) is 8.30. The minimum Gasteiger partial charge on any atom is -0.458 e. The number of allylic oxidation sites excluding steroid dienone is 1. The van der Waals surface area contributed by atoms with E-state index in [1.54, 1.807) is 26.8 Å². The molecule has 1 fully saturated rings. The molecule has 2 heterocycles. The second-order valence-electron chi connectivity index (χ2n) is 11.5. The highest BCUT2D eigenvalue weighted by molar-refractivity contribution is 5.88. The first kappa shape index (κ1) is 30.1. The van der Waals surface area contributed by atoms with Crippen LogP contribution in [0.2, 0.25) is 0 Å². The van der Waals surface area contributed by atoms with E-state index < -0.39 is 71.2 Å². The smallest absolute Gasteiger partial charge is 0.395 e. The van der Waals surface area contributed by atoms with Gasteiger partial charge in [-0.1, -0.05) is 39.8 Å². The Bertz CT molecular complexity index is 1090. The fraction of sp³-hybridized carbons (Fsp3) is 0.679. The van der Waals surface area contributed by atoms with Crippen molar-refractivity contribution in [1.82, 2.24) is 4.98 Å². The lowest BCUT2D eigenvalue weighted by Gasteiger charge is -2.34. The molecule has 2 aliphatic rings. The van der Waals surface area contributed by atoms with Crippen LogP contribution in [-0.4, -0.2) is 51.4 Å². The Morgan fingerprint density at radius 2 is 1.87 bits per heavy atom. The van der Waals surface area contributed by atoms with Crippen molar-refractivity contribution in [2.24, 2.45) is 28.6 Å². The molecule has 1 aliphatic carbocycles. The summed E-state index contributed by atoms with van der Waals surface area (Å²) in [5.41, 5.74) is -2.41. The average molecular weight is 542 g/mol. The Balaban J connectivity index is 1.98. The molecule has 3 rings (SSSR count). The normalized spacial score (nSPS) is 36.3. The quantitative estimate of drug-likeness (QED) is 0.391. The minimum atomic E-state index is -4.48. The molecule has 0 radical (unpaired) electrons. The number of cyclic esters (lactones) is 1. The summed E-state index contributed by atoms with van der Waals surface area (Å²) in [6.45, 7) is 9.44. The van der Waals surface area contributed by atoms with E-state index in [2.05, 4.69) is 4.98 Å². The van der Waals surface area contributed by atoms with Gasteiger partial charge in [0.2, 0.25) is 0 Å². The van der Waals surface area contributed by atoms with Gasteiger partial charge >= 0.3 is 12.1 Å². The Hall–Kier alpha value is -2.46. The molecule has 7 nitrogen and oxygen atoms in total. The van der Waals surface area contributed by atoms with Gasteiger partial charge in [-0.2, -0.15) is 13.2 Å². The van der Waals surface area contributed by atoms with Crippen LogP contribution < -0.4 is 0 Å². The van der Waals surface area contributed by atoms with E-state index in [9.17, 15) is 33.0 Å². The number of ketones is 1. The first-order chi connectivity index (χ1) is 17.5. The second-order valence-corrected chi connectivity index (χ2v) is 11.5. The zero-order chi connectivity index (χ0) is 28.6. The number of fused-ring (bicyclic) bond motifs is 1. The minimum absolute atomic E-state index is 0.0636. The molecule has 10 heteroatoms. The van der Waals surface area contributed by atoms with E-state index in [1.165, 1.54) is 39.2 Å². The number of rotatable bonds is 2. The molecule has 1 aliphatic heterocycles. The first-order valence-corrected chi connectivity index (χ1v) is 12.9. The van der Waals surface area contributed by atoms with Crippen LogP contribution in [0.4, 0.5) is 13.2 Å². The van der Waals surface area contributed by atoms with Gasteiger partial charge in [-0.15, -0.1) is 0 Å². The summed E-state index contributed by atoms with van der Waals surface area (Å²) in [4.78, 5) is 30.3. The van der Waals surface area contributed by atoms with Gasteiger partial charge in [0.25, 0.3) is 0 Å². The number of carbonyl (C=O) groups is 2. The molecule has 1 aromatic rings. The van der Waals surface area contributed by atoms with Gasteiger partial charge in [0, 0.05) is 18.8 Å². The number of aromatic nitrogens is 1. The number of aliphatic hydroxyl groups excluding tert-OH is 2. The molecule has 1 saturated carbocycles. The highest BCUT2D eigenvalue weighted by Crippen LogP contribution is 2.66. The van der Waals surface area contributed by atoms with E-state index in [0.717, 1.165) is 0 Å². The van der Waals surface area contributed by atoms with Gasteiger partial charge in [0.1, 0.15) is 23.8 Å². The molecule has 212 valence electrons. The first-order valence-electron chi connectivity index (χ1n) is 12.9. The lowest BCUT2D eigenvalue weighted by atomic mass is 9.73. The van der Waals surface area contributed by atoms with Crippen LogP contribution in [-0.2, 0) is 14.3 Å². The van der Waals surface area contributed by atoms with Gasteiger partial charge < -0.3 is 19.4 Å². The van der Waals surface area contributed by atoms with Gasteiger partial charge in [-0.3, -0.25) is 9.59 Å². The summed E-state index contributed by atoms with van der Waals surface area (Å²) >= 11 is 0. The van der Waals surface area contributed by atoms with Gasteiger partial charge in [-0.05, 0) is 43.8 Å². The van der Waals surface area contributed by atoms with Crippen molar-refractivity contribution < 1.29 is 42.1 Å². The summed E-state index contributed by atoms with van der Waals surface area (Å²) in [5, 5.41) is 21.6. The molecular weight excluding hydrogens is 503 g/mol. The lowest BCUT2D eigenvalue weighted by Crippen LogP contribution is -2.45. The molecule has 0 spiro atoms. The van der Waals surface area contributed by atoms with Crippen molar-refractivity contribution in [2.75, 3.05) is 0 Å². The van der Waals surface area contributed by atoms with Gasteiger partial charge in [-0.25, -0.2) is 4.98 Å². The lowest BCUT2D eigenvalue weighted by molar-refractivity contribution is -0.192. The number of ether oxygens (including phenoxy) is 1. The number of nitrogens with zero attached hydrogens (tertiary/aromatic N) is 1. The molecule has 7 atom stereocenters. The molecule has 1 aromatic heterocycles. The largest absolute Gasteiger partial charge is 0.458 e. The maximum Gasteiger partial charge on any atom is 0.395 e. The van der Waals surface area contributed by atoms with Crippen LogP contribution >= 0.6 is 0 Å². The average Bonchev–Trinajstić information content (AvgIpc) is 3.38. The van der Waals surface area contributed by atoms with E-state index in [0.29, 0.717) is 17.2 Å². The van der Waals surface area contributed by atoms with Crippen LogP contribution in [0.25, 0.3) is 6.08 Å². The maximum atomic E-state index is 14.2. The van der Waals surface area contributed by atoms with Crippen LogP contribution in [0.15, 0.2) is 28.4 Å². The number of esters is 1. The maximum absolute atomic E-state index is 14.2. The van der Waals surface area contributed by atoms with E-state index in [-0.39, 0.29) is 19.3 Å². The van der Waals surface area contributed by atoms with Crippen LogP contribution in [0.3, 0.4) is 0 Å². The Labute approximate surface area is 221 Å². The van der Waals surface area contributed by atoms with Crippen LogP contribution in [0.5, 0.6) is 0 Å². The Morgan fingerprint density at radius 3 is 2.45 bits per heavy atom. The van der Waals surface area contributed by atoms with Crippen molar-refractivity contribution in [3.05, 3.63) is 35.6 Å². The van der Waals surface area contributed by atoms with E-state index in [4.69, 9.17) is 9.15 Å². The molecule has 2 N–H and O–H groups in total. The standard InChI is InChI=1S/C28H38F3NO6/c1-15-8-7-9-27(28(29,30)31)13-19(27)11-21(16(2)10-20-14-37-18(4)32-20)38-23(34)12-22(33)26(5,6)25(36)17(3)24(15)35/h7-8,10,14-15,17,19,21-22,24,33,35H,9,11-13H2,1-6H3/b8-7+,16-10+/t15-,17+,19?,21-,22-,24-,27?/m0/s1. The zero-order valence-electron chi connectivity index (χ0n) is 22.7. The monoisotopic (exact) mass is 541 g/mol. The Kier molecular flexibility index (Phi) is 8.68. The number of hydrogen-bond acceptors (Lipinski definition) is 7. The summed E-state index contributed by atoms with van der Waals surface area (Å²) in [7, 11) is 0. The SMILES string of the molecule is C/C(=C\c1coc(C)n1)[C@@H]1CC2CC2(C(F)(F)F)C/C=C/[C@H](C)[C@H](O)[C@@H](C)C(=O)C(C)(C)[C@@H](O)CC(=O)O1. The second kappa shape index (κ2) is 11.0. The number of aliphatic hydroxyl groups is 2. The van der Waals surface area contributed by atoms with Crippen molar-refractivity contribution in [3.63, 3.8) is 0 Å². The third-order valence-electron chi connectivity index (χ3n) is 8.30.